The van der Waals surface area contributed by atoms with Crippen LogP contribution >= 0.6 is 0 Å². The molecule has 0 saturated carbocycles. The maximum Gasteiger partial charge on any atom is 1.00 e. The molecule has 2 nitrogen and oxygen atoms in total. The SMILES string of the molecule is CCCCC([CH-]OCC)N1CCCCC1.[Li+]. The fourth-order valence-electron chi connectivity index (χ4n) is 2.21. The first-order valence-electron chi connectivity index (χ1n) is 6.57. The van der Waals surface area contributed by atoms with E-state index in [0.717, 1.165) is 6.61 Å². The van der Waals surface area contributed by atoms with Gasteiger partial charge >= 0.3 is 18.9 Å². The number of rotatable bonds is 7. The fourth-order valence-corrected chi connectivity index (χ4v) is 2.21. The van der Waals surface area contributed by atoms with Crippen molar-refractivity contribution in [3.05, 3.63) is 6.61 Å². The Labute approximate surface area is 113 Å². The third-order valence-electron chi connectivity index (χ3n) is 3.13. The van der Waals surface area contributed by atoms with Gasteiger partial charge in [0, 0.05) is 6.61 Å². The summed E-state index contributed by atoms with van der Waals surface area (Å²) in [6.07, 6.45) is 7.99. The van der Waals surface area contributed by atoms with Crippen molar-refractivity contribution in [3.8, 4) is 0 Å². The average Bonchev–Trinajstić information content (AvgIpc) is 2.30. The van der Waals surface area contributed by atoms with E-state index in [-0.39, 0.29) is 18.9 Å². The Morgan fingerprint density at radius 2 is 1.88 bits per heavy atom. The van der Waals surface area contributed by atoms with E-state index in [2.05, 4.69) is 25.4 Å². The van der Waals surface area contributed by atoms with Crippen LogP contribution < -0.4 is 18.9 Å². The Morgan fingerprint density at radius 1 is 1.19 bits per heavy atom. The molecule has 1 aliphatic rings. The van der Waals surface area contributed by atoms with Crippen molar-refractivity contribution < 1.29 is 23.6 Å². The van der Waals surface area contributed by atoms with E-state index < -0.39 is 0 Å². The van der Waals surface area contributed by atoms with Crippen LogP contribution in [-0.2, 0) is 4.74 Å². The topological polar surface area (TPSA) is 12.5 Å². The first-order valence-corrected chi connectivity index (χ1v) is 6.57. The minimum absolute atomic E-state index is 0. The molecule has 90 valence electrons. The third kappa shape index (κ3) is 6.30. The Hall–Kier alpha value is 0.517. The molecule has 3 heteroatoms. The molecule has 0 aromatic carbocycles. The van der Waals surface area contributed by atoms with Crippen LogP contribution in [0.4, 0.5) is 0 Å². The summed E-state index contributed by atoms with van der Waals surface area (Å²) in [5.41, 5.74) is 0. The molecule has 0 bridgehead atoms. The van der Waals surface area contributed by atoms with Gasteiger partial charge in [0.15, 0.2) is 0 Å². The zero-order chi connectivity index (χ0) is 10.9. The maximum absolute atomic E-state index is 5.48. The van der Waals surface area contributed by atoms with Gasteiger partial charge in [0.2, 0.25) is 0 Å². The van der Waals surface area contributed by atoms with Crippen molar-refractivity contribution >= 4 is 0 Å². The summed E-state index contributed by atoms with van der Waals surface area (Å²) in [7, 11) is 0. The van der Waals surface area contributed by atoms with Crippen LogP contribution in [0, 0.1) is 6.61 Å². The molecule has 1 aliphatic heterocycles. The van der Waals surface area contributed by atoms with Crippen LogP contribution in [0.5, 0.6) is 0 Å². The van der Waals surface area contributed by atoms with Gasteiger partial charge in [0.1, 0.15) is 0 Å². The summed E-state index contributed by atoms with van der Waals surface area (Å²) in [5, 5.41) is 0. The fraction of sp³-hybridized carbons (Fsp3) is 0.923. The molecule has 1 rings (SSSR count). The van der Waals surface area contributed by atoms with E-state index in [1.165, 1.54) is 51.6 Å². The van der Waals surface area contributed by atoms with Crippen LogP contribution in [0.1, 0.15) is 52.4 Å². The van der Waals surface area contributed by atoms with Crippen LogP contribution in [-0.4, -0.2) is 30.6 Å². The van der Waals surface area contributed by atoms with Crippen molar-refractivity contribution in [3.63, 3.8) is 0 Å². The monoisotopic (exact) mass is 219 g/mol. The number of ether oxygens (including phenoxy) is 1. The molecule has 1 fully saturated rings. The minimum atomic E-state index is 0. The van der Waals surface area contributed by atoms with Gasteiger partial charge in [-0.1, -0.05) is 38.6 Å². The zero-order valence-electron chi connectivity index (χ0n) is 11.4. The van der Waals surface area contributed by atoms with E-state index >= 15 is 0 Å². The second-order valence-electron chi connectivity index (χ2n) is 4.40. The van der Waals surface area contributed by atoms with E-state index in [0.29, 0.717) is 6.04 Å². The van der Waals surface area contributed by atoms with Gasteiger partial charge in [-0.25, -0.2) is 0 Å². The van der Waals surface area contributed by atoms with Crippen LogP contribution in [0.2, 0.25) is 0 Å². The quantitative estimate of drug-likeness (QED) is 0.449. The van der Waals surface area contributed by atoms with Gasteiger partial charge in [-0.05, 0) is 32.9 Å². The molecule has 0 radical (unpaired) electrons. The minimum Gasteiger partial charge on any atom is -0.551 e. The molecule has 0 aromatic heterocycles. The van der Waals surface area contributed by atoms with E-state index in [1.54, 1.807) is 0 Å². The molecule has 0 aromatic rings. The van der Waals surface area contributed by atoms with Gasteiger partial charge in [-0.3, -0.25) is 0 Å². The van der Waals surface area contributed by atoms with Gasteiger partial charge in [0.05, 0.1) is 0 Å². The Morgan fingerprint density at radius 3 is 2.44 bits per heavy atom. The zero-order valence-corrected chi connectivity index (χ0v) is 11.4. The maximum atomic E-state index is 5.48. The number of hydrogen-bond donors (Lipinski definition) is 0. The predicted molar refractivity (Wildman–Crippen MR) is 64.7 cm³/mol. The summed E-state index contributed by atoms with van der Waals surface area (Å²) in [5.74, 6) is 0. The Balaban J connectivity index is 0.00000225. The van der Waals surface area contributed by atoms with Crippen LogP contribution in [0.3, 0.4) is 0 Å². The third-order valence-corrected chi connectivity index (χ3v) is 3.13. The summed E-state index contributed by atoms with van der Waals surface area (Å²) >= 11 is 0. The number of hydrogen-bond acceptors (Lipinski definition) is 2. The van der Waals surface area contributed by atoms with Crippen molar-refractivity contribution in [2.75, 3.05) is 19.7 Å². The molecule has 0 N–H and O–H groups in total. The van der Waals surface area contributed by atoms with Gasteiger partial charge < -0.3 is 9.64 Å². The van der Waals surface area contributed by atoms with Gasteiger partial charge in [-0.15, -0.1) is 0 Å². The molecular weight excluding hydrogens is 193 g/mol. The number of nitrogens with zero attached hydrogens (tertiary/aromatic N) is 1. The predicted octanol–water partition coefficient (Wildman–Crippen LogP) is 0.233. The van der Waals surface area contributed by atoms with Gasteiger partial charge in [-0.2, -0.15) is 6.61 Å². The Kier molecular flexibility index (Phi) is 11.0. The Bertz CT molecular complexity index is 141. The van der Waals surface area contributed by atoms with Crippen molar-refractivity contribution in [1.82, 2.24) is 4.90 Å². The largest absolute Gasteiger partial charge is 1.00 e. The first kappa shape index (κ1) is 16.5. The molecule has 1 heterocycles. The average molecular weight is 219 g/mol. The summed E-state index contributed by atoms with van der Waals surface area (Å²) in [6.45, 7) is 9.71. The van der Waals surface area contributed by atoms with E-state index in [4.69, 9.17) is 4.74 Å². The molecule has 1 saturated heterocycles. The first-order chi connectivity index (χ1) is 7.38. The normalized spacial score (nSPS) is 19.1. The number of likely N-dealkylation sites (tertiary alicyclic amines) is 1. The van der Waals surface area contributed by atoms with Crippen LogP contribution in [0.25, 0.3) is 0 Å². The molecule has 16 heavy (non-hydrogen) atoms. The van der Waals surface area contributed by atoms with Crippen molar-refractivity contribution in [2.24, 2.45) is 0 Å². The number of piperidine rings is 1. The molecule has 0 amide bonds. The molecule has 0 aliphatic carbocycles. The molecule has 1 unspecified atom stereocenters. The van der Waals surface area contributed by atoms with Gasteiger partial charge in [0.25, 0.3) is 0 Å². The summed E-state index contributed by atoms with van der Waals surface area (Å²) < 4.78 is 5.48. The van der Waals surface area contributed by atoms with E-state index in [1.807, 2.05) is 0 Å². The summed E-state index contributed by atoms with van der Waals surface area (Å²) in [6, 6.07) is 0.560. The molecule has 1 atom stereocenters. The van der Waals surface area contributed by atoms with Crippen molar-refractivity contribution in [1.29, 1.82) is 0 Å². The standard InChI is InChI=1S/C13H26NO.Li/c1-3-5-9-13(12-15-4-2)14-10-7-6-8-11-14;/h12-13H,3-11H2,1-2H3;/q-1;+1. The second-order valence-corrected chi connectivity index (χ2v) is 4.40. The molecular formula is C13H26LiNO. The second kappa shape index (κ2) is 10.7. The summed E-state index contributed by atoms with van der Waals surface area (Å²) in [4.78, 5) is 2.59. The van der Waals surface area contributed by atoms with Crippen molar-refractivity contribution in [2.45, 2.75) is 58.4 Å². The van der Waals surface area contributed by atoms with E-state index in [9.17, 15) is 0 Å². The number of unbranched alkanes of at least 4 members (excludes halogenated alkanes) is 1. The van der Waals surface area contributed by atoms with Crippen LogP contribution in [0.15, 0.2) is 0 Å². The molecule has 0 spiro atoms. The smallest absolute Gasteiger partial charge is 0.551 e.